The molecule has 5 rings (SSSR count). The van der Waals surface area contributed by atoms with Crippen molar-refractivity contribution in [1.82, 2.24) is 4.90 Å². The molecule has 1 fully saturated rings. The minimum atomic E-state index is 0.552. The predicted octanol–water partition coefficient (Wildman–Crippen LogP) is 5.06. The highest BCUT2D eigenvalue weighted by molar-refractivity contribution is 8.00. The van der Waals surface area contributed by atoms with E-state index in [-0.39, 0.29) is 0 Å². The zero-order valence-electron chi connectivity index (χ0n) is 17.2. The Labute approximate surface area is 174 Å². The lowest BCUT2D eigenvalue weighted by Gasteiger charge is -2.33. The van der Waals surface area contributed by atoms with Gasteiger partial charge in [-0.05, 0) is 65.4 Å². The summed E-state index contributed by atoms with van der Waals surface area (Å²) in [6, 6.07) is 8.43. The van der Waals surface area contributed by atoms with Gasteiger partial charge in [0.2, 0.25) is 0 Å². The minimum absolute atomic E-state index is 0.552. The molecule has 0 aromatic heterocycles. The van der Waals surface area contributed by atoms with E-state index in [0.717, 1.165) is 46.9 Å². The molecule has 2 aliphatic heterocycles. The lowest BCUT2D eigenvalue weighted by molar-refractivity contribution is 0.302. The lowest BCUT2D eigenvalue weighted by atomic mass is 9.95. The second-order valence-corrected chi connectivity index (χ2v) is 8.69. The molecule has 2 aliphatic rings. The lowest BCUT2D eigenvalue weighted by Crippen LogP contribution is -2.30. The topological polar surface area (TPSA) is 40.2 Å². The quantitative estimate of drug-likeness (QED) is 0.559. The second-order valence-electron chi connectivity index (χ2n) is 7.50. The van der Waals surface area contributed by atoms with Gasteiger partial charge in [-0.25, -0.2) is 0 Å². The Kier molecular flexibility index (Phi) is 4.63. The maximum absolute atomic E-state index is 5.63. The highest BCUT2D eigenvalue weighted by Gasteiger charge is 2.33. The van der Waals surface area contributed by atoms with Crippen LogP contribution in [0, 0.1) is 0 Å². The molecule has 0 spiro atoms. The van der Waals surface area contributed by atoms with Gasteiger partial charge in [-0.15, -0.1) is 11.8 Å². The summed E-state index contributed by atoms with van der Waals surface area (Å²) >= 11 is 1.99. The van der Waals surface area contributed by atoms with Gasteiger partial charge in [0.15, 0.2) is 23.0 Å². The van der Waals surface area contributed by atoms with Crippen LogP contribution in [-0.2, 0) is 6.54 Å². The third-order valence-corrected chi connectivity index (χ3v) is 7.61. The number of hydrogen-bond acceptors (Lipinski definition) is 6. The first-order valence-corrected chi connectivity index (χ1v) is 10.7. The summed E-state index contributed by atoms with van der Waals surface area (Å²) in [6.07, 6.45) is 2.50. The summed E-state index contributed by atoms with van der Waals surface area (Å²) in [5.74, 6) is 2.99. The van der Waals surface area contributed by atoms with Gasteiger partial charge in [-0.2, -0.15) is 0 Å². The van der Waals surface area contributed by atoms with Crippen LogP contribution < -0.4 is 18.9 Å². The zero-order chi connectivity index (χ0) is 20.1. The molecule has 1 atom stereocenters. The molecule has 1 saturated heterocycles. The minimum Gasteiger partial charge on any atom is -0.493 e. The van der Waals surface area contributed by atoms with Crippen molar-refractivity contribution < 1.29 is 18.9 Å². The van der Waals surface area contributed by atoms with Gasteiger partial charge < -0.3 is 18.9 Å². The summed E-state index contributed by atoms with van der Waals surface area (Å²) in [6.45, 7) is 2.12. The maximum atomic E-state index is 5.63. The largest absolute Gasteiger partial charge is 0.493 e. The third kappa shape index (κ3) is 2.81. The fourth-order valence-corrected chi connectivity index (χ4v) is 6.16. The third-order valence-electron chi connectivity index (χ3n) is 6.10. The molecule has 0 aliphatic carbocycles. The highest BCUT2D eigenvalue weighted by atomic mass is 32.2. The molecule has 0 bridgehead atoms. The molecule has 2 heterocycles. The monoisotopic (exact) mass is 411 g/mol. The first-order chi connectivity index (χ1) is 14.2. The SMILES string of the molecule is COc1cc2c3c(c4cc(OC)c(OC)cc4c2cc1OC)S[C@@H]1CCCN1C3. The fraction of sp³-hybridized carbons (Fsp3) is 0.391. The summed E-state index contributed by atoms with van der Waals surface area (Å²) in [7, 11) is 6.74. The van der Waals surface area contributed by atoms with Gasteiger partial charge in [0.1, 0.15) is 0 Å². The Morgan fingerprint density at radius 1 is 0.759 bits per heavy atom. The normalized spacial score (nSPS) is 18.6. The van der Waals surface area contributed by atoms with Gasteiger partial charge in [0.25, 0.3) is 0 Å². The standard InChI is InChI=1S/C23H25NO4S/c1-25-18-8-13-14-9-19(26-2)21(28-4)11-16(14)23-17(15(13)10-20(18)27-3)12-24-7-5-6-22(24)29-23/h8-11,22H,5-7,12H2,1-4H3/t22-/m1/s1. The molecule has 0 saturated carbocycles. The van der Waals surface area contributed by atoms with E-state index >= 15 is 0 Å². The van der Waals surface area contributed by atoms with Crippen LogP contribution in [0.4, 0.5) is 0 Å². The summed E-state index contributed by atoms with van der Waals surface area (Å²) in [4.78, 5) is 3.94. The Morgan fingerprint density at radius 3 is 1.86 bits per heavy atom. The van der Waals surface area contributed by atoms with Crippen molar-refractivity contribution >= 4 is 33.3 Å². The van der Waals surface area contributed by atoms with E-state index in [1.165, 1.54) is 34.1 Å². The number of benzene rings is 3. The van der Waals surface area contributed by atoms with Crippen molar-refractivity contribution in [3.05, 3.63) is 29.8 Å². The number of fused-ring (bicyclic) bond motifs is 7. The van der Waals surface area contributed by atoms with E-state index in [1.807, 2.05) is 11.8 Å². The molecule has 3 aromatic carbocycles. The molecule has 3 aromatic rings. The summed E-state index contributed by atoms with van der Waals surface area (Å²) in [5, 5.41) is 5.28. The average Bonchev–Trinajstić information content (AvgIpc) is 3.23. The molecule has 0 amide bonds. The van der Waals surface area contributed by atoms with E-state index in [4.69, 9.17) is 18.9 Å². The number of hydrogen-bond donors (Lipinski definition) is 0. The van der Waals surface area contributed by atoms with E-state index in [2.05, 4.69) is 29.2 Å². The van der Waals surface area contributed by atoms with Gasteiger partial charge in [-0.3, -0.25) is 4.90 Å². The van der Waals surface area contributed by atoms with Crippen molar-refractivity contribution in [1.29, 1.82) is 0 Å². The smallest absolute Gasteiger partial charge is 0.161 e. The molecule has 6 heteroatoms. The van der Waals surface area contributed by atoms with Crippen molar-refractivity contribution in [3.8, 4) is 23.0 Å². The molecule has 152 valence electrons. The summed E-state index contributed by atoms with van der Waals surface area (Å²) < 4.78 is 22.5. The number of ether oxygens (including phenoxy) is 4. The van der Waals surface area contributed by atoms with Gasteiger partial charge >= 0.3 is 0 Å². The molecular formula is C23H25NO4S. The Balaban J connectivity index is 1.90. The van der Waals surface area contributed by atoms with Crippen molar-refractivity contribution in [2.75, 3.05) is 35.0 Å². The Hall–Kier alpha value is -2.31. The molecule has 5 nitrogen and oxygen atoms in total. The first-order valence-electron chi connectivity index (χ1n) is 9.85. The van der Waals surface area contributed by atoms with E-state index in [1.54, 1.807) is 28.4 Å². The average molecular weight is 412 g/mol. The number of thioether (sulfide) groups is 1. The second kappa shape index (κ2) is 7.18. The Bertz CT molecular complexity index is 1030. The molecule has 0 radical (unpaired) electrons. The van der Waals surface area contributed by atoms with Gasteiger partial charge in [0, 0.05) is 16.8 Å². The predicted molar refractivity (Wildman–Crippen MR) is 117 cm³/mol. The van der Waals surface area contributed by atoms with Crippen LogP contribution in [0.25, 0.3) is 21.5 Å². The maximum Gasteiger partial charge on any atom is 0.161 e. The van der Waals surface area contributed by atoms with E-state index in [0.29, 0.717) is 5.37 Å². The van der Waals surface area contributed by atoms with Gasteiger partial charge in [0.05, 0.1) is 33.8 Å². The fourth-order valence-electron chi connectivity index (χ4n) is 4.67. The van der Waals surface area contributed by atoms with Crippen LogP contribution >= 0.6 is 11.8 Å². The van der Waals surface area contributed by atoms with Crippen LogP contribution in [0.3, 0.4) is 0 Å². The number of nitrogens with zero attached hydrogens (tertiary/aromatic N) is 1. The van der Waals surface area contributed by atoms with Crippen LogP contribution in [0.1, 0.15) is 18.4 Å². The van der Waals surface area contributed by atoms with Crippen LogP contribution in [-0.4, -0.2) is 45.3 Å². The first kappa shape index (κ1) is 18.7. The number of rotatable bonds is 4. The van der Waals surface area contributed by atoms with Gasteiger partial charge in [-0.1, -0.05) is 0 Å². The molecule has 29 heavy (non-hydrogen) atoms. The van der Waals surface area contributed by atoms with Crippen molar-refractivity contribution in [2.24, 2.45) is 0 Å². The molecular weight excluding hydrogens is 386 g/mol. The molecule has 0 N–H and O–H groups in total. The van der Waals surface area contributed by atoms with E-state index in [9.17, 15) is 0 Å². The van der Waals surface area contributed by atoms with Crippen LogP contribution in [0.5, 0.6) is 23.0 Å². The van der Waals surface area contributed by atoms with Crippen LogP contribution in [0.2, 0.25) is 0 Å². The van der Waals surface area contributed by atoms with Crippen LogP contribution in [0.15, 0.2) is 29.2 Å². The zero-order valence-corrected chi connectivity index (χ0v) is 18.0. The Morgan fingerprint density at radius 2 is 1.28 bits per heavy atom. The van der Waals surface area contributed by atoms with Crippen molar-refractivity contribution in [3.63, 3.8) is 0 Å². The summed E-state index contributed by atoms with van der Waals surface area (Å²) in [5.41, 5.74) is 1.36. The molecule has 0 unspecified atom stereocenters. The van der Waals surface area contributed by atoms with E-state index < -0.39 is 0 Å². The number of methoxy groups -OCH3 is 4. The highest BCUT2D eigenvalue weighted by Crippen LogP contribution is 2.50. The van der Waals surface area contributed by atoms with Crippen molar-refractivity contribution in [2.45, 2.75) is 29.7 Å².